The van der Waals surface area contributed by atoms with Crippen molar-refractivity contribution in [2.45, 2.75) is 32.9 Å². The van der Waals surface area contributed by atoms with Gasteiger partial charge in [0.25, 0.3) is 0 Å². The molecule has 138 valence electrons. The second-order valence-corrected chi connectivity index (χ2v) is 6.66. The average molecular weight is 356 g/mol. The fourth-order valence-electron chi connectivity index (χ4n) is 3.66. The Kier molecular flexibility index (Phi) is 4.65. The number of nitrogen functional groups attached to an aromatic ring is 1. The van der Waals surface area contributed by atoms with Gasteiger partial charge in [-0.15, -0.1) is 0 Å². The summed E-state index contributed by atoms with van der Waals surface area (Å²) in [5, 5.41) is 10.2. The topological polar surface area (TPSA) is 95.4 Å². The van der Waals surface area contributed by atoms with Crippen LogP contribution in [-0.4, -0.2) is 39.5 Å². The van der Waals surface area contributed by atoms with E-state index in [4.69, 9.17) is 20.2 Å². The van der Waals surface area contributed by atoms with Crippen LogP contribution >= 0.6 is 0 Å². The van der Waals surface area contributed by atoms with Crippen LogP contribution in [0.5, 0.6) is 5.75 Å². The third kappa shape index (κ3) is 2.87. The minimum atomic E-state index is 0.185. The Bertz CT molecular complexity index is 938. The molecular formula is C19H24N4O3. The van der Waals surface area contributed by atoms with Gasteiger partial charge in [-0.3, -0.25) is 0 Å². The van der Waals surface area contributed by atoms with E-state index in [1.807, 2.05) is 25.1 Å². The van der Waals surface area contributed by atoms with E-state index in [0.717, 1.165) is 47.4 Å². The molecule has 3 heterocycles. The molecule has 0 saturated carbocycles. The van der Waals surface area contributed by atoms with Crippen molar-refractivity contribution in [1.82, 2.24) is 14.5 Å². The molecule has 4 rings (SSSR count). The average Bonchev–Trinajstić information content (AvgIpc) is 2.98. The first-order valence-corrected chi connectivity index (χ1v) is 9.11. The van der Waals surface area contributed by atoms with Crippen LogP contribution in [0.4, 0.5) is 5.82 Å². The van der Waals surface area contributed by atoms with Crippen molar-refractivity contribution in [3.05, 3.63) is 24.0 Å². The van der Waals surface area contributed by atoms with Gasteiger partial charge in [0.2, 0.25) is 0 Å². The Hall–Kier alpha value is -2.38. The third-order valence-electron chi connectivity index (χ3n) is 4.89. The van der Waals surface area contributed by atoms with E-state index in [-0.39, 0.29) is 12.5 Å². The molecule has 0 bridgehead atoms. The Morgan fingerprint density at radius 3 is 3.08 bits per heavy atom. The van der Waals surface area contributed by atoms with Crippen molar-refractivity contribution in [3.63, 3.8) is 0 Å². The number of hydrogen-bond donors (Lipinski definition) is 2. The highest BCUT2D eigenvalue weighted by Gasteiger charge is 2.24. The van der Waals surface area contributed by atoms with Crippen LogP contribution in [0, 0.1) is 5.92 Å². The lowest BCUT2D eigenvalue weighted by Gasteiger charge is -2.23. The Balaban J connectivity index is 1.95. The molecular weight excluding hydrogens is 332 g/mol. The van der Waals surface area contributed by atoms with Gasteiger partial charge in [0.15, 0.2) is 5.82 Å². The summed E-state index contributed by atoms with van der Waals surface area (Å²) in [4.78, 5) is 9.27. The Morgan fingerprint density at radius 2 is 2.27 bits per heavy atom. The largest absolute Gasteiger partial charge is 0.492 e. The first-order chi connectivity index (χ1) is 12.7. The molecule has 0 aliphatic carbocycles. The molecule has 0 unspecified atom stereocenters. The monoisotopic (exact) mass is 356 g/mol. The number of nitrogens with zero attached hydrogens (tertiary/aromatic N) is 3. The second-order valence-electron chi connectivity index (χ2n) is 6.66. The van der Waals surface area contributed by atoms with Gasteiger partial charge in [-0.05, 0) is 31.9 Å². The number of benzene rings is 1. The quantitative estimate of drug-likeness (QED) is 0.704. The van der Waals surface area contributed by atoms with E-state index in [1.165, 1.54) is 0 Å². The molecule has 2 aromatic heterocycles. The summed E-state index contributed by atoms with van der Waals surface area (Å²) in [6, 6.07) is 5.85. The van der Waals surface area contributed by atoms with E-state index < -0.39 is 0 Å². The Labute approximate surface area is 151 Å². The SMILES string of the molecule is CCOCc1nc2c(N)nc3cccc4c3c2n1C[C@@H](CCCO)CO4. The number of aliphatic hydroxyl groups is 1. The van der Waals surface area contributed by atoms with Crippen LogP contribution in [0.2, 0.25) is 0 Å². The van der Waals surface area contributed by atoms with E-state index in [2.05, 4.69) is 9.55 Å². The summed E-state index contributed by atoms with van der Waals surface area (Å²) >= 11 is 0. The summed E-state index contributed by atoms with van der Waals surface area (Å²) in [6.07, 6.45) is 1.64. The molecule has 0 saturated heterocycles. The normalized spacial score (nSPS) is 16.8. The summed E-state index contributed by atoms with van der Waals surface area (Å²) in [5.74, 6) is 2.36. The van der Waals surface area contributed by atoms with E-state index in [1.54, 1.807) is 0 Å². The molecule has 3 N–H and O–H groups in total. The fraction of sp³-hybridized carbons (Fsp3) is 0.474. The lowest BCUT2D eigenvalue weighted by molar-refractivity contribution is 0.123. The van der Waals surface area contributed by atoms with Crippen molar-refractivity contribution in [2.24, 2.45) is 5.92 Å². The van der Waals surface area contributed by atoms with Crippen LogP contribution in [0.3, 0.4) is 0 Å². The smallest absolute Gasteiger partial charge is 0.152 e. The second kappa shape index (κ2) is 7.09. The maximum Gasteiger partial charge on any atom is 0.152 e. The number of pyridine rings is 1. The summed E-state index contributed by atoms with van der Waals surface area (Å²) in [5.41, 5.74) is 8.69. The summed E-state index contributed by atoms with van der Waals surface area (Å²) < 4.78 is 14.0. The lowest BCUT2D eigenvalue weighted by atomic mass is 10.0. The molecule has 1 aliphatic rings. The van der Waals surface area contributed by atoms with Gasteiger partial charge in [-0.25, -0.2) is 9.97 Å². The minimum Gasteiger partial charge on any atom is -0.492 e. The standard InChI is InChI=1S/C19H24N4O3/c1-2-25-11-15-22-17-18-16-13(21-19(17)20)6-3-7-14(16)26-10-12(5-4-8-24)9-23(15)18/h3,6-7,12,24H,2,4-5,8-11H2,1H3,(H2,20,21)/t12-/m1/s1. The van der Waals surface area contributed by atoms with Gasteiger partial charge in [-0.1, -0.05) is 6.07 Å². The zero-order valence-corrected chi connectivity index (χ0v) is 14.9. The highest BCUT2D eigenvalue weighted by Crippen LogP contribution is 2.37. The van der Waals surface area contributed by atoms with Crippen molar-refractivity contribution in [2.75, 3.05) is 25.6 Å². The molecule has 0 amide bonds. The minimum absolute atomic E-state index is 0.185. The fourth-order valence-corrected chi connectivity index (χ4v) is 3.66. The number of aliphatic hydroxyl groups excluding tert-OH is 1. The van der Waals surface area contributed by atoms with Crippen molar-refractivity contribution < 1.29 is 14.6 Å². The molecule has 7 nitrogen and oxygen atoms in total. The summed E-state index contributed by atoms with van der Waals surface area (Å²) in [6.45, 7) is 4.56. The van der Waals surface area contributed by atoms with Gasteiger partial charge >= 0.3 is 0 Å². The van der Waals surface area contributed by atoms with E-state index in [9.17, 15) is 5.11 Å². The Morgan fingerprint density at radius 1 is 1.38 bits per heavy atom. The molecule has 0 radical (unpaired) electrons. The van der Waals surface area contributed by atoms with Crippen molar-refractivity contribution in [1.29, 1.82) is 0 Å². The summed E-state index contributed by atoms with van der Waals surface area (Å²) in [7, 11) is 0. The number of imidazole rings is 1. The van der Waals surface area contributed by atoms with Crippen LogP contribution in [0.15, 0.2) is 18.2 Å². The van der Waals surface area contributed by atoms with E-state index in [0.29, 0.717) is 31.2 Å². The van der Waals surface area contributed by atoms with Crippen molar-refractivity contribution in [3.8, 4) is 5.75 Å². The van der Waals surface area contributed by atoms with Gasteiger partial charge in [0, 0.05) is 25.7 Å². The molecule has 0 spiro atoms. The highest BCUT2D eigenvalue weighted by atomic mass is 16.5. The van der Waals surface area contributed by atoms with Gasteiger partial charge in [0.05, 0.1) is 23.0 Å². The zero-order chi connectivity index (χ0) is 18.1. The predicted molar refractivity (Wildman–Crippen MR) is 100 cm³/mol. The first-order valence-electron chi connectivity index (χ1n) is 9.11. The van der Waals surface area contributed by atoms with Crippen LogP contribution < -0.4 is 10.5 Å². The molecule has 3 aromatic rings. The van der Waals surface area contributed by atoms with Crippen LogP contribution in [0.25, 0.3) is 21.9 Å². The van der Waals surface area contributed by atoms with Crippen LogP contribution in [0.1, 0.15) is 25.6 Å². The molecule has 0 fully saturated rings. The third-order valence-corrected chi connectivity index (χ3v) is 4.89. The van der Waals surface area contributed by atoms with Gasteiger partial charge in [-0.2, -0.15) is 0 Å². The van der Waals surface area contributed by atoms with Crippen LogP contribution in [-0.2, 0) is 17.9 Å². The molecule has 26 heavy (non-hydrogen) atoms. The zero-order valence-electron chi connectivity index (χ0n) is 14.9. The maximum atomic E-state index is 9.22. The number of anilines is 1. The van der Waals surface area contributed by atoms with Gasteiger partial charge < -0.3 is 24.9 Å². The maximum absolute atomic E-state index is 9.22. The van der Waals surface area contributed by atoms with E-state index >= 15 is 0 Å². The van der Waals surface area contributed by atoms with Gasteiger partial charge in [0.1, 0.15) is 23.7 Å². The number of hydrogen-bond acceptors (Lipinski definition) is 6. The lowest BCUT2D eigenvalue weighted by Crippen LogP contribution is -2.22. The predicted octanol–water partition coefficient (Wildman–Crippen LogP) is 2.48. The molecule has 1 aromatic carbocycles. The molecule has 7 heteroatoms. The number of nitrogens with two attached hydrogens (primary N) is 1. The first kappa shape index (κ1) is 17.1. The number of aromatic nitrogens is 3. The number of ether oxygens (including phenoxy) is 2. The highest BCUT2D eigenvalue weighted by molar-refractivity contribution is 6.09. The molecule has 1 aliphatic heterocycles. The molecule has 1 atom stereocenters. The number of rotatable bonds is 6. The van der Waals surface area contributed by atoms with Crippen molar-refractivity contribution >= 4 is 27.8 Å².